The number of nitrogens with two attached hydrogens (primary N) is 1. The van der Waals surface area contributed by atoms with Gasteiger partial charge in [-0.3, -0.25) is 9.59 Å². The van der Waals surface area contributed by atoms with E-state index in [0.29, 0.717) is 0 Å². The summed E-state index contributed by atoms with van der Waals surface area (Å²) in [6, 6.07) is -0.801. The Bertz CT molecular complexity index is 205. The lowest BCUT2D eigenvalue weighted by Crippen LogP contribution is -2.40. The molecule has 3 heteroatoms. The van der Waals surface area contributed by atoms with Crippen molar-refractivity contribution >= 4 is 11.6 Å². The average molecular weight is 167 g/mol. The fourth-order valence-electron chi connectivity index (χ4n) is 1.38. The molecule has 2 fully saturated rings. The first-order chi connectivity index (χ1) is 5.70. The number of hydrogen-bond donors (Lipinski definition) is 1. The summed E-state index contributed by atoms with van der Waals surface area (Å²) in [6.45, 7) is 0. The zero-order valence-electron chi connectivity index (χ0n) is 6.95. The Morgan fingerprint density at radius 3 is 1.58 bits per heavy atom. The molecule has 0 radical (unpaired) electrons. The van der Waals surface area contributed by atoms with Crippen LogP contribution in [-0.2, 0) is 9.59 Å². The molecule has 2 aliphatic rings. The third kappa shape index (κ3) is 1.41. The summed E-state index contributed by atoms with van der Waals surface area (Å²) in [6.07, 6.45) is 3.74. The molecule has 0 atom stereocenters. The van der Waals surface area contributed by atoms with E-state index in [9.17, 15) is 9.59 Å². The van der Waals surface area contributed by atoms with Crippen molar-refractivity contribution in [3.05, 3.63) is 0 Å². The normalized spacial score (nSPS) is 22.8. The molecule has 0 aliphatic heterocycles. The zero-order valence-corrected chi connectivity index (χ0v) is 6.95. The predicted molar refractivity (Wildman–Crippen MR) is 43.4 cm³/mol. The van der Waals surface area contributed by atoms with Crippen LogP contribution in [0.25, 0.3) is 0 Å². The highest BCUT2D eigenvalue weighted by atomic mass is 16.2. The van der Waals surface area contributed by atoms with Crippen molar-refractivity contribution in [2.75, 3.05) is 0 Å². The van der Waals surface area contributed by atoms with Gasteiger partial charge in [-0.25, -0.2) is 0 Å². The Balaban J connectivity index is 1.92. The van der Waals surface area contributed by atoms with E-state index in [2.05, 4.69) is 0 Å². The molecular formula is C9H13NO2. The van der Waals surface area contributed by atoms with Crippen molar-refractivity contribution in [3.8, 4) is 0 Å². The summed E-state index contributed by atoms with van der Waals surface area (Å²) >= 11 is 0. The summed E-state index contributed by atoms with van der Waals surface area (Å²) < 4.78 is 0. The highest BCUT2D eigenvalue weighted by Crippen LogP contribution is 2.34. The minimum atomic E-state index is -0.801. The second-order valence-electron chi connectivity index (χ2n) is 3.83. The minimum absolute atomic E-state index is 0.0214. The van der Waals surface area contributed by atoms with Gasteiger partial charge in [0.05, 0.1) is 0 Å². The summed E-state index contributed by atoms with van der Waals surface area (Å²) in [5.74, 6) is 0.184. The van der Waals surface area contributed by atoms with Gasteiger partial charge in [0.1, 0.15) is 6.04 Å². The van der Waals surface area contributed by atoms with Crippen LogP contribution in [0.4, 0.5) is 0 Å². The van der Waals surface area contributed by atoms with Gasteiger partial charge in [0.2, 0.25) is 0 Å². The van der Waals surface area contributed by atoms with Crippen molar-refractivity contribution in [2.45, 2.75) is 31.7 Å². The molecule has 2 saturated carbocycles. The fraction of sp³-hybridized carbons (Fsp3) is 0.778. The number of carbonyl (C=O) groups is 2. The molecule has 0 unspecified atom stereocenters. The highest BCUT2D eigenvalue weighted by Gasteiger charge is 2.41. The molecule has 0 spiro atoms. The van der Waals surface area contributed by atoms with Crippen LogP contribution in [0.1, 0.15) is 25.7 Å². The van der Waals surface area contributed by atoms with E-state index in [0.717, 1.165) is 25.7 Å². The third-order valence-electron chi connectivity index (χ3n) is 2.57. The molecule has 0 saturated heterocycles. The molecule has 0 aromatic rings. The Morgan fingerprint density at radius 2 is 1.33 bits per heavy atom. The van der Waals surface area contributed by atoms with Crippen molar-refractivity contribution in [1.29, 1.82) is 0 Å². The van der Waals surface area contributed by atoms with Crippen LogP contribution < -0.4 is 5.73 Å². The van der Waals surface area contributed by atoms with Crippen LogP contribution in [0.2, 0.25) is 0 Å². The maximum Gasteiger partial charge on any atom is 0.160 e. The van der Waals surface area contributed by atoms with Crippen LogP contribution in [-0.4, -0.2) is 17.6 Å². The fourth-order valence-corrected chi connectivity index (χ4v) is 1.38. The topological polar surface area (TPSA) is 60.2 Å². The lowest BCUT2D eigenvalue weighted by atomic mass is 10.0. The lowest BCUT2D eigenvalue weighted by molar-refractivity contribution is -0.130. The van der Waals surface area contributed by atoms with Gasteiger partial charge in [0.15, 0.2) is 11.6 Å². The number of carbonyl (C=O) groups excluding carboxylic acids is 2. The summed E-state index contributed by atoms with van der Waals surface area (Å²) in [7, 11) is 0. The summed E-state index contributed by atoms with van der Waals surface area (Å²) in [5.41, 5.74) is 5.54. The maximum absolute atomic E-state index is 11.3. The van der Waals surface area contributed by atoms with Gasteiger partial charge >= 0.3 is 0 Å². The van der Waals surface area contributed by atoms with E-state index in [-0.39, 0.29) is 23.4 Å². The Morgan fingerprint density at radius 1 is 1.00 bits per heavy atom. The molecule has 2 N–H and O–H groups in total. The van der Waals surface area contributed by atoms with E-state index in [1.807, 2.05) is 0 Å². The van der Waals surface area contributed by atoms with Crippen molar-refractivity contribution in [3.63, 3.8) is 0 Å². The van der Waals surface area contributed by atoms with Crippen LogP contribution in [0, 0.1) is 11.8 Å². The van der Waals surface area contributed by atoms with E-state index < -0.39 is 6.04 Å². The Kier molecular flexibility index (Phi) is 1.76. The number of ketones is 2. The third-order valence-corrected chi connectivity index (χ3v) is 2.57. The summed E-state index contributed by atoms with van der Waals surface area (Å²) in [5, 5.41) is 0. The summed E-state index contributed by atoms with van der Waals surface area (Å²) in [4.78, 5) is 22.7. The molecule has 2 rings (SSSR count). The number of rotatable bonds is 4. The lowest BCUT2D eigenvalue weighted by Gasteiger charge is -2.06. The maximum atomic E-state index is 11.3. The van der Waals surface area contributed by atoms with Crippen molar-refractivity contribution in [1.82, 2.24) is 0 Å². The van der Waals surface area contributed by atoms with Gasteiger partial charge in [0.25, 0.3) is 0 Å². The molecule has 0 aromatic heterocycles. The van der Waals surface area contributed by atoms with Gasteiger partial charge in [0, 0.05) is 11.8 Å². The van der Waals surface area contributed by atoms with Gasteiger partial charge in [-0.05, 0) is 25.7 Å². The first-order valence-electron chi connectivity index (χ1n) is 4.53. The van der Waals surface area contributed by atoms with Gasteiger partial charge in [-0.1, -0.05) is 0 Å². The first kappa shape index (κ1) is 7.92. The number of hydrogen-bond acceptors (Lipinski definition) is 3. The quantitative estimate of drug-likeness (QED) is 0.611. The van der Waals surface area contributed by atoms with Crippen LogP contribution in [0.5, 0.6) is 0 Å². The van der Waals surface area contributed by atoms with Crippen LogP contribution in [0.3, 0.4) is 0 Å². The molecule has 0 amide bonds. The molecule has 0 aromatic carbocycles. The molecule has 66 valence electrons. The molecule has 3 nitrogen and oxygen atoms in total. The Labute approximate surface area is 71.3 Å². The standard InChI is InChI=1S/C9H13NO2/c10-7(8(11)5-1-2-5)9(12)6-3-4-6/h5-7H,1-4,10H2. The van der Waals surface area contributed by atoms with E-state index >= 15 is 0 Å². The second-order valence-corrected chi connectivity index (χ2v) is 3.83. The highest BCUT2D eigenvalue weighted by molar-refractivity contribution is 6.09. The molecule has 0 bridgehead atoms. The van der Waals surface area contributed by atoms with E-state index in [1.165, 1.54) is 0 Å². The van der Waals surface area contributed by atoms with E-state index in [1.54, 1.807) is 0 Å². The Hall–Kier alpha value is -0.700. The molecule has 12 heavy (non-hydrogen) atoms. The van der Waals surface area contributed by atoms with Gasteiger partial charge in [-0.2, -0.15) is 0 Å². The monoisotopic (exact) mass is 167 g/mol. The van der Waals surface area contributed by atoms with Crippen molar-refractivity contribution < 1.29 is 9.59 Å². The van der Waals surface area contributed by atoms with Gasteiger partial charge < -0.3 is 5.73 Å². The van der Waals surface area contributed by atoms with Crippen LogP contribution >= 0.6 is 0 Å². The first-order valence-corrected chi connectivity index (χ1v) is 4.53. The van der Waals surface area contributed by atoms with Crippen molar-refractivity contribution in [2.24, 2.45) is 17.6 Å². The predicted octanol–water partition coefficient (Wildman–Crippen LogP) is 0.272. The molecule has 2 aliphatic carbocycles. The second kappa shape index (κ2) is 2.66. The van der Waals surface area contributed by atoms with Gasteiger partial charge in [-0.15, -0.1) is 0 Å². The smallest absolute Gasteiger partial charge is 0.160 e. The SMILES string of the molecule is NC(C(=O)C1CC1)C(=O)C1CC1. The largest absolute Gasteiger partial charge is 0.315 e. The van der Waals surface area contributed by atoms with Crippen LogP contribution in [0.15, 0.2) is 0 Å². The minimum Gasteiger partial charge on any atom is -0.315 e. The zero-order chi connectivity index (χ0) is 8.72. The molecule has 0 heterocycles. The molecular weight excluding hydrogens is 154 g/mol. The van der Waals surface area contributed by atoms with E-state index in [4.69, 9.17) is 5.73 Å². The number of Topliss-reactive ketones (excluding diaryl/α,β-unsaturated/α-hetero) is 2. The average Bonchev–Trinajstić information content (AvgIpc) is 2.90.